The highest BCUT2D eigenvalue weighted by molar-refractivity contribution is 7.90. The van der Waals surface area contributed by atoms with E-state index in [0.29, 0.717) is 18.9 Å². The van der Waals surface area contributed by atoms with Crippen LogP contribution in [0.3, 0.4) is 0 Å². The summed E-state index contributed by atoms with van der Waals surface area (Å²) in [5.41, 5.74) is 1.86. The van der Waals surface area contributed by atoms with Crippen LogP contribution in [0.4, 0.5) is 0 Å². The zero-order valence-corrected chi connectivity index (χ0v) is 16.3. The van der Waals surface area contributed by atoms with E-state index in [-0.39, 0.29) is 11.8 Å². The largest absolute Gasteiger partial charge is 0.357 e. The van der Waals surface area contributed by atoms with E-state index in [9.17, 15) is 8.42 Å². The van der Waals surface area contributed by atoms with E-state index < -0.39 is 9.84 Å². The molecule has 0 fully saturated rings. The molecule has 0 aliphatic heterocycles. The molecule has 0 spiro atoms. The molecule has 2 rings (SSSR count). The molecule has 1 atom stereocenters. The van der Waals surface area contributed by atoms with E-state index in [1.165, 1.54) is 6.26 Å². The molecular weight excluding hydrogens is 350 g/mol. The van der Waals surface area contributed by atoms with Crippen LogP contribution in [0.2, 0.25) is 0 Å². The summed E-state index contributed by atoms with van der Waals surface area (Å²) < 4.78 is 24.4. The maximum Gasteiger partial charge on any atom is 0.191 e. The quantitative estimate of drug-likeness (QED) is 0.540. The topological polar surface area (TPSA) is 88.4 Å². The van der Waals surface area contributed by atoms with Gasteiger partial charge in [-0.25, -0.2) is 18.1 Å². The maximum absolute atomic E-state index is 11.3. The first-order valence-corrected chi connectivity index (χ1v) is 10.8. The van der Waals surface area contributed by atoms with Gasteiger partial charge in [0.25, 0.3) is 0 Å². The lowest BCUT2D eigenvalue weighted by Crippen LogP contribution is -2.42. The lowest BCUT2D eigenvalue weighted by molar-refractivity contribution is 0.581. The number of hydrogen-bond donors (Lipinski definition) is 2. The Labute approximate surface area is 155 Å². The summed E-state index contributed by atoms with van der Waals surface area (Å²) in [4.78, 5) is 4.54. The molecule has 1 unspecified atom stereocenters. The van der Waals surface area contributed by atoms with Crippen molar-refractivity contribution in [3.8, 4) is 5.69 Å². The second-order valence-electron chi connectivity index (χ2n) is 6.25. The van der Waals surface area contributed by atoms with Crippen LogP contribution in [-0.4, -0.2) is 48.8 Å². The van der Waals surface area contributed by atoms with Crippen LogP contribution in [-0.2, 0) is 16.4 Å². The van der Waals surface area contributed by atoms with Gasteiger partial charge >= 0.3 is 0 Å². The molecule has 0 aliphatic carbocycles. The third-order valence-electron chi connectivity index (χ3n) is 3.71. The summed E-state index contributed by atoms with van der Waals surface area (Å²) in [5.74, 6) is 0.810. The second kappa shape index (κ2) is 9.38. The van der Waals surface area contributed by atoms with Crippen molar-refractivity contribution in [3.63, 3.8) is 0 Å². The molecule has 142 valence electrons. The molecule has 0 aliphatic rings. The lowest BCUT2D eigenvalue weighted by Gasteiger charge is -2.17. The van der Waals surface area contributed by atoms with E-state index in [0.717, 1.165) is 17.9 Å². The molecule has 2 aromatic rings. The molecule has 1 aromatic heterocycles. The zero-order chi connectivity index (χ0) is 19.0. The fraction of sp³-hybridized carbons (Fsp3) is 0.444. The van der Waals surface area contributed by atoms with Crippen molar-refractivity contribution in [2.75, 3.05) is 18.6 Å². The molecule has 0 amide bonds. The first-order valence-electron chi connectivity index (χ1n) is 8.70. The predicted octanol–water partition coefficient (Wildman–Crippen LogP) is 1.75. The zero-order valence-electron chi connectivity index (χ0n) is 15.5. The third kappa shape index (κ3) is 6.87. The molecule has 0 radical (unpaired) electrons. The van der Waals surface area contributed by atoms with Crippen LogP contribution in [0.25, 0.3) is 5.69 Å². The van der Waals surface area contributed by atoms with Gasteiger partial charge in [0, 0.05) is 25.0 Å². The summed E-state index contributed by atoms with van der Waals surface area (Å²) in [6.45, 7) is 5.10. The number of hydrogen-bond acceptors (Lipinski definition) is 4. The Morgan fingerprint density at radius 3 is 2.65 bits per heavy atom. The Bertz CT molecular complexity index is 815. The van der Waals surface area contributed by atoms with Gasteiger partial charge in [0.2, 0.25) is 0 Å². The van der Waals surface area contributed by atoms with Gasteiger partial charge in [0.1, 0.15) is 9.84 Å². The molecule has 8 heteroatoms. The van der Waals surface area contributed by atoms with E-state index in [1.54, 1.807) is 0 Å². The molecule has 7 nitrogen and oxygen atoms in total. The Morgan fingerprint density at radius 2 is 2.00 bits per heavy atom. The predicted molar refractivity (Wildman–Crippen MR) is 105 cm³/mol. The van der Waals surface area contributed by atoms with Crippen LogP contribution in [0.5, 0.6) is 0 Å². The summed E-state index contributed by atoms with van der Waals surface area (Å²) in [6.07, 6.45) is 3.70. The van der Waals surface area contributed by atoms with Crippen LogP contribution >= 0.6 is 0 Å². The van der Waals surface area contributed by atoms with E-state index in [1.807, 2.05) is 61.1 Å². The Kier molecular flexibility index (Phi) is 7.20. The number of nitrogens with zero attached hydrogens (tertiary/aromatic N) is 3. The van der Waals surface area contributed by atoms with E-state index in [4.69, 9.17) is 0 Å². The number of guanidine groups is 1. The lowest BCUT2D eigenvalue weighted by atomic mass is 10.3. The number of aromatic nitrogens is 2. The average molecular weight is 378 g/mol. The van der Waals surface area contributed by atoms with Gasteiger partial charge in [-0.2, -0.15) is 5.10 Å². The monoisotopic (exact) mass is 377 g/mol. The third-order valence-corrected chi connectivity index (χ3v) is 4.69. The molecule has 26 heavy (non-hydrogen) atoms. The standard InChI is InChI=1S/C18H27N5O2S/c1-4-19-18(21-15(2)11-13-26(3,24)25)20-14-16-10-12-23(22-16)17-8-6-5-7-9-17/h5-10,12,15H,4,11,13-14H2,1-3H3,(H2,19,20,21). The van der Waals surface area contributed by atoms with Gasteiger partial charge < -0.3 is 10.6 Å². The van der Waals surface area contributed by atoms with E-state index >= 15 is 0 Å². The number of sulfone groups is 1. The molecule has 0 bridgehead atoms. The summed E-state index contributed by atoms with van der Waals surface area (Å²) >= 11 is 0. The van der Waals surface area contributed by atoms with Crippen molar-refractivity contribution in [3.05, 3.63) is 48.3 Å². The first-order chi connectivity index (χ1) is 12.4. The van der Waals surface area contributed by atoms with Crippen LogP contribution in [0.1, 0.15) is 26.0 Å². The Balaban J connectivity index is 1.97. The minimum absolute atomic E-state index is 0.00408. The van der Waals surface area contributed by atoms with Gasteiger partial charge in [-0.1, -0.05) is 18.2 Å². The highest BCUT2D eigenvalue weighted by Gasteiger charge is 2.09. The molecular formula is C18H27N5O2S. The summed E-state index contributed by atoms with van der Waals surface area (Å²) in [5, 5.41) is 10.9. The number of para-hydroxylation sites is 1. The van der Waals surface area contributed by atoms with Crippen molar-refractivity contribution < 1.29 is 8.42 Å². The molecule has 0 saturated carbocycles. The average Bonchev–Trinajstić information content (AvgIpc) is 3.07. The van der Waals surface area contributed by atoms with Crippen molar-refractivity contribution >= 4 is 15.8 Å². The van der Waals surface area contributed by atoms with Crippen LogP contribution < -0.4 is 10.6 Å². The molecule has 1 aromatic carbocycles. The highest BCUT2D eigenvalue weighted by atomic mass is 32.2. The van der Waals surface area contributed by atoms with Crippen molar-refractivity contribution in [1.82, 2.24) is 20.4 Å². The Hall–Kier alpha value is -2.35. The highest BCUT2D eigenvalue weighted by Crippen LogP contribution is 2.07. The summed E-state index contributed by atoms with van der Waals surface area (Å²) in [6, 6.07) is 11.8. The minimum Gasteiger partial charge on any atom is -0.357 e. The normalized spacial score (nSPS) is 13.4. The van der Waals surface area contributed by atoms with Crippen molar-refractivity contribution in [2.45, 2.75) is 32.9 Å². The van der Waals surface area contributed by atoms with Crippen LogP contribution in [0, 0.1) is 0 Å². The van der Waals surface area contributed by atoms with Gasteiger partial charge in [0.05, 0.1) is 23.7 Å². The number of aliphatic imine (C=N–C) groups is 1. The van der Waals surface area contributed by atoms with Gasteiger partial charge in [-0.3, -0.25) is 0 Å². The first kappa shape index (κ1) is 20.0. The Morgan fingerprint density at radius 1 is 1.27 bits per heavy atom. The number of benzene rings is 1. The molecule has 0 saturated heterocycles. The smallest absolute Gasteiger partial charge is 0.191 e. The molecule has 2 N–H and O–H groups in total. The number of rotatable bonds is 8. The second-order valence-corrected chi connectivity index (χ2v) is 8.51. The minimum atomic E-state index is -2.96. The fourth-order valence-electron chi connectivity index (χ4n) is 2.35. The fourth-order valence-corrected chi connectivity index (χ4v) is 3.13. The maximum atomic E-state index is 11.3. The van der Waals surface area contributed by atoms with Gasteiger partial charge in [-0.05, 0) is 38.5 Å². The van der Waals surface area contributed by atoms with Crippen molar-refractivity contribution in [2.24, 2.45) is 4.99 Å². The molecule has 1 heterocycles. The number of nitrogens with one attached hydrogen (secondary N) is 2. The SMILES string of the molecule is CCNC(=NCc1ccn(-c2ccccc2)n1)NC(C)CCS(C)(=O)=O. The van der Waals surface area contributed by atoms with Crippen LogP contribution in [0.15, 0.2) is 47.6 Å². The van der Waals surface area contributed by atoms with Gasteiger partial charge in [0.15, 0.2) is 5.96 Å². The van der Waals surface area contributed by atoms with Crippen molar-refractivity contribution in [1.29, 1.82) is 0 Å². The van der Waals surface area contributed by atoms with E-state index in [2.05, 4.69) is 20.7 Å². The summed E-state index contributed by atoms with van der Waals surface area (Å²) in [7, 11) is -2.96. The van der Waals surface area contributed by atoms with Gasteiger partial charge in [-0.15, -0.1) is 0 Å².